The molecule has 0 spiro atoms. The first-order chi connectivity index (χ1) is 10.8. The Labute approximate surface area is 137 Å². The fourth-order valence-electron chi connectivity index (χ4n) is 2.96. The zero-order valence-electron chi connectivity index (χ0n) is 14.8. The maximum atomic E-state index is 9.65. The Bertz CT molecular complexity index is 323. The minimum atomic E-state index is -0.390. The van der Waals surface area contributed by atoms with E-state index in [0.29, 0.717) is 0 Å². The van der Waals surface area contributed by atoms with Crippen molar-refractivity contribution in [2.45, 2.75) is 90.7 Å². The minimum Gasteiger partial charge on any atom is -0.374 e. The molecule has 0 aromatic heterocycles. The van der Waals surface area contributed by atoms with E-state index in [0.717, 1.165) is 25.3 Å². The maximum absolute atomic E-state index is 9.65. The Kier molecular flexibility index (Phi) is 11.1. The van der Waals surface area contributed by atoms with Crippen LogP contribution in [0.25, 0.3) is 0 Å². The molecule has 0 radical (unpaired) electrons. The lowest BCUT2D eigenvalue weighted by atomic mass is 10.1. The Morgan fingerprint density at radius 3 is 2.36 bits per heavy atom. The molecular formula is C19H36N2O. The van der Waals surface area contributed by atoms with Crippen LogP contribution < -0.4 is 0 Å². The molecule has 0 amide bonds. The summed E-state index contributed by atoms with van der Waals surface area (Å²) in [4.78, 5) is 6.51. The topological polar surface area (TPSA) is 35.8 Å². The summed E-state index contributed by atoms with van der Waals surface area (Å²) in [7, 11) is 0. The molecule has 0 aromatic rings. The molecule has 22 heavy (non-hydrogen) atoms. The van der Waals surface area contributed by atoms with Crippen molar-refractivity contribution in [3.05, 3.63) is 12.2 Å². The molecule has 3 heteroatoms. The van der Waals surface area contributed by atoms with E-state index in [-0.39, 0.29) is 0 Å². The van der Waals surface area contributed by atoms with Crippen LogP contribution in [0, 0.1) is 0 Å². The van der Waals surface area contributed by atoms with E-state index >= 15 is 0 Å². The second kappa shape index (κ2) is 12.7. The molecule has 1 N–H and O–H groups in total. The highest BCUT2D eigenvalue weighted by molar-refractivity contribution is 5.83. The average Bonchev–Trinajstić information content (AvgIpc) is 2.97. The Balaban J connectivity index is 1.92. The first-order valence-corrected chi connectivity index (χ1v) is 9.38. The van der Waals surface area contributed by atoms with Crippen LogP contribution in [0.3, 0.4) is 0 Å². The predicted octanol–water partition coefficient (Wildman–Crippen LogP) is 4.91. The third kappa shape index (κ3) is 8.57. The van der Waals surface area contributed by atoms with Gasteiger partial charge in [-0.1, -0.05) is 51.2 Å². The van der Waals surface area contributed by atoms with Gasteiger partial charge in [0.1, 0.15) is 12.1 Å². The van der Waals surface area contributed by atoms with E-state index in [1.165, 1.54) is 64.2 Å². The van der Waals surface area contributed by atoms with Crippen LogP contribution in [0.1, 0.15) is 84.5 Å². The van der Waals surface area contributed by atoms with Crippen molar-refractivity contribution in [2.75, 3.05) is 13.1 Å². The summed E-state index contributed by atoms with van der Waals surface area (Å²) in [6, 6.07) is 0. The van der Waals surface area contributed by atoms with Gasteiger partial charge in [-0.2, -0.15) is 0 Å². The van der Waals surface area contributed by atoms with E-state index in [1.54, 1.807) is 0 Å². The summed E-state index contributed by atoms with van der Waals surface area (Å²) in [6.45, 7) is 5.82. The van der Waals surface area contributed by atoms with Crippen molar-refractivity contribution >= 4 is 5.84 Å². The second-order valence-electron chi connectivity index (χ2n) is 6.40. The lowest BCUT2D eigenvalue weighted by Crippen LogP contribution is -2.35. The first kappa shape index (κ1) is 19.2. The van der Waals surface area contributed by atoms with E-state index in [2.05, 4.69) is 24.1 Å². The van der Waals surface area contributed by atoms with Gasteiger partial charge in [0.15, 0.2) is 0 Å². The lowest BCUT2D eigenvalue weighted by molar-refractivity contribution is 0.0766. The van der Waals surface area contributed by atoms with Gasteiger partial charge in [0.2, 0.25) is 0 Å². The molecule has 0 fully saturated rings. The highest BCUT2D eigenvalue weighted by Gasteiger charge is 2.19. The molecule has 1 aliphatic heterocycles. The highest BCUT2D eigenvalue weighted by Crippen LogP contribution is 2.12. The number of nitrogens with zero attached hydrogens (tertiary/aromatic N) is 2. The van der Waals surface area contributed by atoms with Gasteiger partial charge in [0.25, 0.3) is 0 Å². The summed E-state index contributed by atoms with van der Waals surface area (Å²) >= 11 is 0. The van der Waals surface area contributed by atoms with E-state index in [4.69, 9.17) is 0 Å². The Morgan fingerprint density at radius 2 is 1.68 bits per heavy atom. The summed E-state index contributed by atoms with van der Waals surface area (Å²) in [5.41, 5.74) is 0. The number of amidine groups is 1. The van der Waals surface area contributed by atoms with Crippen LogP contribution in [0.5, 0.6) is 0 Å². The number of allylic oxidation sites excluding steroid dienone is 2. The number of aliphatic hydroxyl groups excluding tert-OH is 1. The minimum absolute atomic E-state index is 0.390. The van der Waals surface area contributed by atoms with E-state index in [9.17, 15) is 5.11 Å². The monoisotopic (exact) mass is 308 g/mol. The quantitative estimate of drug-likeness (QED) is 0.388. The fraction of sp³-hybridized carbons (Fsp3) is 0.842. The standard InChI is InChI=1S/C19H36N2O/c1-3-4-5-6-7-8-9-10-11-12-13-14-15-19-20-16-17-21(19)18(2)22/h10-11,18,22H,3-9,12-17H2,1-2H3/b11-10+. The van der Waals surface area contributed by atoms with Gasteiger partial charge >= 0.3 is 0 Å². The summed E-state index contributed by atoms with van der Waals surface area (Å²) in [5, 5.41) is 9.65. The van der Waals surface area contributed by atoms with Crippen molar-refractivity contribution in [1.29, 1.82) is 0 Å². The number of rotatable bonds is 13. The maximum Gasteiger partial charge on any atom is 0.125 e. The Hall–Kier alpha value is -0.830. The molecule has 1 heterocycles. The van der Waals surface area contributed by atoms with E-state index < -0.39 is 6.23 Å². The van der Waals surface area contributed by atoms with Crippen molar-refractivity contribution in [3.8, 4) is 0 Å². The summed E-state index contributed by atoms with van der Waals surface area (Å²) in [5.74, 6) is 1.10. The van der Waals surface area contributed by atoms with Gasteiger partial charge in [-0.25, -0.2) is 0 Å². The third-order valence-corrected chi connectivity index (χ3v) is 4.33. The molecular weight excluding hydrogens is 272 g/mol. The average molecular weight is 309 g/mol. The normalized spacial score (nSPS) is 16.5. The van der Waals surface area contributed by atoms with Gasteiger partial charge < -0.3 is 10.0 Å². The number of aliphatic imine (C=N–C) groups is 1. The van der Waals surface area contributed by atoms with Crippen LogP contribution in [0.4, 0.5) is 0 Å². The Morgan fingerprint density at radius 1 is 1.05 bits per heavy atom. The van der Waals surface area contributed by atoms with Gasteiger partial charge in [0, 0.05) is 13.0 Å². The SMILES string of the molecule is CCCCCCCC/C=C/CCCCC1=NCCN1C(C)O. The van der Waals surface area contributed by atoms with Gasteiger partial charge in [-0.3, -0.25) is 4.99 Å². The van der Waals surface area contributed by atoms with Crippen molar-refractivity contribution in [1.82, 2.24) is 4.90 Å². The first-order valence-electron chi connectivity index (χ1n) is 9.38. The van der Waals surface area contributed by atoms with Crippen LogP contribution >= 0.6 is 0 Å². The molecule has 1 atom stereocenters. The van der Waals surface area contributed by atoms with Gasteiger partial charge in [-0.05, 0) is 39.0 Å². The molecule has 0 saturated carbocycles. The molecule has 3 nitrogen and oxygen atoms in total. The number of aliphatic hydroxyl groups is 1. The van der Waals surface area contributed by atoms with Crippen LogP contribution in [0.2, 0.25) is 0 Å². The second-order valence-corrected chi connectivity index (χ2v) is 6.40. The number of unbranched alkanes of at least 4 members (excludes halogenated alkanes) is 8. The fourth-order valence-corrected chi connectivity index (χ4v) is 2.96. The number of hydrogen-bond acceptors (Lipinski definition) is 3. The van der Waals surface area contributed by atoms with Crippen molar-refractivity contribution in [2.24, 2.45) is 4.99 Å². The zero-order valence-corrected chi connectivity index (χ0v) is 14.8. The zero-order chi connectivity index (χ0) is 16.0. The lowest BCUT2D eigenvalue weighted by Gasteiger charge is -2.23. The van der Waals surface area contributed by atoms with Crippen LogP contribution in [-0.2, 0) is 0 Å². The molecule has 0 saturated heterocycles. The molecule has 1 aliphatic rings. The third-order valence-electron chi connectivity index (χ3n) is 4.33. The molecule has 1 unspecified atom stereocenters. The van der Waals surface area contributed by atoms with Crippen LogP contribution in [-0.4, -0.2) is 35.2 Å². The molecule has 128 valence electrons. The molecule has 0 aliphatic carbocycles. The van der Waals surface area contributed by atoms with Crippen LogP contribution in [0.15, 0.2) is 17.1 Å². The smallest absolute Gasteiger partial charge is 0.125 e. The highest BCUT2D eigenvalue weighted by atomic mass is 16.3. The van der Waals surface area contributed by atoms with E-state index in [1.807, 2.05) is 11.8 Å². The number of hydrogen-bond donors (Lipinski definition) is 1. The largest absolute Gasteiger partial charge is 0.374 e. The van der Waals surface area contributed by atoms with Gasteiger partial charge in [-0.15, -0.1) is 0 Å². The molecule has 0 bridgehead atoms. The molecule has 0 aromatic carbocycles. The van der Waals surface area contributed by atoms with Gasteiger partial charge in [0.05, 0.1) is 6.54 Å². The summed E-state index contributed by atoms with van der Waals surface area (Å²) in [6.07, 6.45) is 18.4. The summed E-state index contributed by atoms with van der Waals surface area (Å²) < 4.78 is 0. The van der Waals surface area contributed by atoms with Crippen molar-refractivity contribution < 1.29 is 5.11 Å². The van der Waals surface area contributed by atoms with Crippen molar-refractivity contribution in [3.63, 3.8) is 0 Å². The predicted molar refractivity (Wildman–Crippen MR) is 96.3 cm³/mol. The molecule has 1 rings (SSSR count).